The zero-order valence-electron chi connectivity index (χ0n) is 8.39. The molecule has 2 N–H and O–H groups in total. The van der Waals surface area contributed by atoms with Gasteiger partial charge >= 0.3 is 0 Å². The second kappa shape index (κ2) is 5.02. The summed E-state index contributed by atoms with van der Waals surface area (Å²) in [5.74, 6) is 0.134. The summed E-state index contributed by atoms with van der Waals surface area (Å²) in [5.41, 5.74) is 1.24. The molecule has 13 heavy (non-hydrogen) atoms. The van der Waals surface area contributed by atoms with E-state index >= 15 is 0 Å². The highest BCUT2D eigenvalue weighted by molar-refractivity contribution is 5.82. The Balaban J connectivity index is 2.21. The van der Waals surface area contributed by atoms with Crippen molar-refractivity contribution >= 4 is 5.91 Å². The van der Waals surface area contributed by atoms with Gasteiger partial charge in [-0.1, -0.05) is 11.6 Å². The Hall–Kier alpha value is -0.830. The number of carbonyl (C=O) groups is 1. The summed E-state index contributed by atoms with van der Waals surface area (Å²) in [4.78, 5) is 11.4. The second-order valence-electron chi connectivity index (χ2n) is 3.68. The maximum atomic E-state index is 11.4. The molecule has 1 rings (SSSR count). The maximum absolute atomic E-state index is 11.4. The molecule has 1 saturated heterocycles. The van der Waals surface area contributed by atoms with Gasteiger partial charge < -0.3 is 10.6 Å². The monoisotopic (exact) mass is 182 g/mol. The first-order valence-electron chi connectivity index (χ1n) is 4.84. The zero-order valence-corrected chi connectivity index (χ0v) is 8.39. The van der Waals surface area contributed by atoms with Crippen molar-refractivity contribution in [3.8, 4) is 0 Å². The van der Waals surface area contributed by atoms with Gasteiger partial charge in [0, 0.05) is 6.54 Å². The third kappa shape index (κ3) is 3.59. The molecule has 1 fully saturated rings. The largest absolute Gasteiger partial charge is 0.351 e. The first-order chi connectivity index (χ1) is 6.20. The van der Waals surface area contributed by atoms with Gasteiger partial charge in [-0.25, -0.2) is 0 Å². The van der Waals surface area contributed by atoms with E-state index in [0.29, 0.717) is 6.54 Å². The minimum Gasteiger partial charge on any atom is -0.351 e. The standard InChI is InChI=1S/C10H18N2O/c1-8(2)5-7-12-10(13)9-4-3-6-11-9/h5,9,11H,3-4,6-7H2,1-2H3,(H,12,13)/t9-/m1/s1. The summed E-state index contributed by atoms with van der Waals surface area (Å²) in [6.45, 7) is 5.68. The average Bonchev–Trinajstić information content (AvgIpc) is 2.55. The lowest BCUT2D eigenvalue weighted by Crippen LogP contribution is -2.40. The Bertz CT molecular complexity index is 201. The molecule has 0 saturated carbocycles. The van der Waals surface area contributed by atoms with Crippen LogP contribution in [0.25, 0.3) is 0 Å². The fourth-order valence-electron chi connectivity index (χ4n) is 1.39. The second-order valence-corrected chi connectivity index (χ2v) is 3.68. The van der Waals surface area contributed by atoms with Gasteiger partial charge in [0.25, 0.3) is 0 Å². The van der Waals surface area contributed by atoms with Crippen LogP contribution in [0, 0.1) is 0 Å². The highest BCUT2D eigenvalue weighted by atomic mass is 16.2. The molecule has 0 aromatic carbocycles. The minimum absolute atomic E-state index is 0.0468. The van der Waals surface area contributed by atoms with Crippen LogP contribution >= 0.6 is 0 Å². The van der Waals surface area contributed by atoms with Gasteiger partial charge in [0.2, 0.25) is 5.91 Å². The van der Waals surface area contributed by atoms with Gasteiger partial charge in [-0.15, -0.1) is 0 Å². The van der Waals surface area contributed by atoms with Crippen molar-refractivity contribution < 1.29 is 4.79 Å². The van der Waals surface area contributed by atoms with Gasteiger partial charge in [-0.2, -0.15) is 0 Å². The first-order valence-corrected chi connectivity index (χ1v) is 4.84. The quantitative estimate of drug-likeness (QED) is 0.634. The van der Waals surface area contributed by atoms with Gasteiger partial charge in [-0.3, -0.25) is 4.79 Å². The van der Waals surface area contributed by atoms with Gasteiger partial charge in [0.15, 0.2) is 0 Å². The summed E-state index contributed by atoms with van der Waals surface area (Å²) in [6.07, 6.45) is 4.11. The SMILES string of the molecule is CC(C)=CCNC(=O)[C@H]1CCCN1. The molecule has 1 amide bonds. The third-order valence-corrected chi connectivity index (χ3v) is 2.16. The Morgan fingerprint density at radius 1 is 1.62 bits per heavy atom. The number of allylic oxidation sites excluding steroid dienone is 1. The van der Waals surface area contributed by atoms with E-state index in [1.165, 1.54) is 5.57 Å². The van der Waals surface area contributed by atoms with Crippen LogP contribution in [0.3, 0.4) is 0 Å². The molecule has 0 unspecified atom stereocenters. The molecule has 0 spiro atoms. The molecule has 1 atom stereocenters. The minimum atomic E-state index is 0.0468. The lowest BCUT2D eigenvalue weighted by molar-refractivity contribution is -0.122. The Morgan fingerprint density at radius 3 is 2.92 bits per heavy atom. The summed E-state index contributed by atoms with van der Waals surface area (Å²) in [6, 6.07) is 0.0468. The van der Waals surface area contributed by atoms with Crippen LogP contribution in [-0.4, -0.2) is 25.0 Å². The van der Waals surface area contributed by atoms with Gasteiger partial charge in [-0.05, 0) is 33.2 Å². The van der Waals surface area contributed by atoms with Gasteiger partial charge in [0.1, 0.15) is 0 Å². The van der Waals surface area contributed by atoms with E-state index in [1.54, 1.807) is 0 Å². The Labute approximate surface area is 79.6 Å². The lowest BCUT2D eigenvalue weighted by Gasteiger charge is -2.09. The Kier molecular flexibility index (Phi) is 3.96. The topological polar surface area (TPSA) is 41.1 Å². The summed E-state index contributed by atoms with van der Waals surface area (Å²) in [5, 5.41) is 6.04. The fourth-order valence-corrected chi connectivity index (χ4v) is 1.39. The molecule has 0 radical (unpaired) electrons. The number of rotatable bonds is 3. The molecule has 1 aliphatic heterocycles. The number of hydrogen-bond donors (Lipinski definition) is 2. The number of amides is 1. The van der Waals surface area contributed by atoms with Crippen LogP contribution in [0.5, 0.6) is 0 Å². The van der Waals surface area contributed by atoms with Crippen LogP contribution < -0.4 is 10.6 Å². The van der Waals surface area contributed by atoms with E-state index in [4.69, 9.17) is 0 Å². The summed E-state index contributed by atoms with van der Waals surface area (Å²) >= 11 is 0. The van der Waals surface area contributed by atoms with E-state index in [9.17, 15) is 4.79 Å². The van der Waals surface area contributed by atoms with Crippen LogP contribution in [0.2, 0.25) is 0 Å². The fraction of sp³-hybridized carbons (Fsp3) is 0.700. The molecular formula is C10H18N2O. The molecular weight excluding hydrogens is 164 g/mol. The van der Waals surface area contributed by atoms with Crippen LogP contribution in [0.1, 0.15) is 26.7 Å². The Morgan fingerprint density at radius 2 is 2.38 bits per heavy atom. The smallest absolute Gasteiger partial charge is 0.237 e. The molecule has 0 aromatic rings. The lowest BCUT2D eigenvalue weighted by atomic mass is 10.2. The molecule has 0 bridgehead atoms. The molecule has 3 nitrogen and oxygen atoms in total. The van der Waals surface area contributed by atoms with Crippen LogP contribution in [0.4, 0.5) is 0 Å². The summed E-state index contributed by atoms with van der Waals surface area (Å²) in [7, 11) is 0. The van der Waals surface area contributed by atoms with E-state index in [1.807, 2.05) is 19.9 Å². The zero-order chi connectivity index (χ0) is 9.68. The molecule has 1 heterocycles. The molecule has 3 heteroatoms. The molecule has 0 aromatic heterocycles. The first kappa shape index (κ1) is 10.3. The average molecular weight is 182 g/mol. The predicted octanol–water partition coefficient (Wildman–Crippen LogP) is 0.821. The maximum Gasteiger partial charge on any atom is 0.237 e. The van der Waals surface area contributed by atoms with Crippen molar-refractivity contribution in [1.82, 2.24) is 10.6 Å². The van der Waals surface area contributed by atoms with Crippen molar-refractivity contribution in [1.29, 1.82) is 0 Å². The van der Waals surface area contributed by atoms with Gasteiger partial charge in [0.05, 0.1) is 6.04 Å². The number of nitrogens with one attached hydrogen (secondary N) is 2. The van der Waals surface area contributed by atoms with Crippen LogP contribution in [0.15, 0.2) is 11.6 Å². The van der Waals surface area contributed by atoms with E-state index in [0.717, 1.165) is 19.4 Å². The van der Waals surface area contributed by atoms with E-state index in [-0.39, 0.29) is 11.9 Å². The van der Waals surface area contributed by atoms with E-state index < -0.39 is 0 Å². The normalized spacial score (nSPS) is 21.2. The number of carbonyl (C=O) groups excluding carboxylic acids is 1. The van der Waals surface area contributed by atoms with Crippen molar-refractivity contribution in [3.05, 3.63) is 11.6 Å². The molecule has 0 aliphatic carbocycles. The summed E-state index contributed by atoms with van der Waals surface area (Å²) < 4.78 is 0. The van der Waals surface area contributed by atoms with Crippen LogP contribution in [-0.2, 0) is 4.79 Å². The van der Waals surface area contributed by atoms with Crippen molar-refractivity contribution in [2.75, 3.05) is 13.1 Å². The third-order valence-electron chi connectivity index (χ3n) is 2.16. The predicted molar refractivity (Wildman–Crippen MR) is 53.5 cm³/mol. The van der Waals surface area contributed by atoms with Crippen molar-refractivity contribution in [3.63, 3.8) is 0 Å². The number of hydrogen-bond acceptors (Lipinski definition) is 2. The molecule has 1 aliphatic rings. The van der Waals surface area contributed by atoms with Crippen molar-refractivity contribution in [2.45, 2.75) is 32.7 Å². The molecule has 74 valence electrons. The van der Waals surface area contributed by atoms with Crippen molar-refractivity contribution in [2.24, 2.45) is 0 Å². The highest BCUT2D eigenvalue weighted by Gasteiger charge is 2.20. The van der Waals surface area contributed by atoms with E-state index in [2.05, 4.69) is 10.6 Å². The highest BCUT2D eigenvalue weighted by Crippen LogP contribution is 2.04.